The standard InChI is InChI=1S/C16H18N6O/c1-11(23)21-4-2-14(3-5-21)22-10-13(8-19-22)12-6-15-16(17-7-12)9-18-20-15/h6-10,14H,2-5H2,1H3,(H,18,20). The van der Waals surface area contributed by atoms with Gasteiger partial charge in [-0.15, -0.1) is 0 Å². The van der Waals surface area contributed by atoms with E-state index in [0.29, 0.717) is 6.04 Å². The van der Waals surface area contributed by atoms with Gasteiger partial charge in [0.15, 0.2) is 0 Å². The molecule has 7 nitrogen and oxygen atoms in total. The SMILES string of the molecule is CC(=O)N1CCC(n2cc(-c3cnc4cn[nH]c4c3)cn2)CC1. The first-order chi connectivity index (χ1) is 11.2. The molecule has 4 rings (SSSR count). The summed E-state index contributed by atoms with van der Waals surface area (Å²) < 4.78 is 2.02. The van der Waals surface area contributed by atoms with Gasteiger partial charge < -0.3 is 4.90 Å². The van der Waals surface area contributed by atoms with Crippen LogP contribution in [0.1, 0.15) is 25.8 Å². The lowest BCUT2D eigenvalue weighted by Crippen LogP contribution is -2.37. The lowest BCUT2D eigenvalue weighted by molar-refractivity contribution is -0.130. The molecular weight excluding hydrogens is 292 g/mol. The fraction of sp³-hybridized carbons (Fsp3) is 0.375. The van der Waals surface area contributed by atoms with E-state index in [4.69, 9.17) is 0 Å². The molecule has 1 aliphatic heterocycles. The predicted molar refractivity (Wildman–Crippen MR) is 85.6 cm³/mol. The molecule has 0 spiro atoms. The van der Waals surface area contributed by atoms with E-state index < -0.39 is 0 Å². The highest BCUT2D eigenvalue weighted by Crippen LogP contribution is 2.26. The number of amides is 1. The number of likely N-dealkylation sites (tertiary alicyclic amines) is 1. The first-order valence-electron chi connectivity index (χ1n) is 7.80. The monoisotopic (exact) mass is 310 g/mol. The number of hydrogen-bond acceptors (Lipinski definition) is 4. The van der Waals surface area contributed by atoms with E-state index in [9.17, 15) is 4.79 Å². The molecule has 1 fully saturated rings. The number of rotatable bonds is 2. The second kappa shape index (κ2) is 5.49. The van der Waals surface area contributed by atoms with Crippen molar-refractivity contribution in [1.29, 1.82) is 0 Å². The summed E-state index contributed by atoms with van der Waals surface area (Å²) >= 11 is 0. The zero-order chi connectivity index (χ0) is 15.8. The fourth-order valence-corrected chi connectivity index (χ4v) is 3.12. The number of carbonyl (C=O) groups excluding carboxylic acids is 1. The van der Waals surface area contributed by atoms with Crippen molar-refractivity contribution in [3.05, 3.63) is 30.9 Å². The number of carbonyl (C=O) groups is 1. The number of hydrogen-bond donors (Lipinski definition) is 1. The maximum atomic E-state index is 11.4. The van der Waals surface area contributed by atoms with Crippen molar-refractivity contribution in [2.45, 2.75) is 25.8 Å². The predicted octanol–water partition coefficient (Wildman–Crippen LogP) is 2.00. The Bertz CT molecular complexity index is 843. The number of aromatic amines is 1. The summed E-state index contributed by atoms with van der Waals surface area (Å²) in [5, 5.41) is 11.4. The molecule has 3 aromatic rings. The molecule has 0 unspecified atom stereocenters. The molecule has 0 aliphatic carbocycles. The van der Waals surface area contributed by atoms with E-state index in [1.807, 2.05) is 28.0 Å². The molecule has 23 heavy (non-hydrogen) atoms. The molecule has 118 valence electrons. The molecule has 1 saturated heterocycles. The maximum Gasteiger partial charge on any atom is 0.219 e. The van der Waals surface area contributed by atoms with Crippen LogP contribution in [0.3, 0.4) is 0 Å². The molecule has 7 heteroatoms. The lowest BCUT2D eigenvalue weighted by atomic mass is 10.1. The second-order valence-electron chi connectivity index (χ2n) is 5.97. The quantitative estimate of drug-likeness (QED) is 0.785. The third-order valence-corrected chi connectivity index (χ3v) is 4.51. The Balaban J connectivity index is 1.53. The highest BCUT2D eigenvalue weighted by Gasteiger charge is 2.22. The van der Waals surface area contributed by atoms with E-state index in [1.54, 1.807) is 13.1 Å². The molecule has 0 aromatic carbocycles. The first kappa shape index (κ1) is 13.9. The highest BCUT2D eigenvalue weighted by molar-refractivity contribution is 5.79. The van der Waals surface area contributed by atoms with Crippen molar-refractivity contribution in [2.24, 2.45) is 0 Å². The Morgan fingerprint density at radius 3 is 2.83 bits per heavy atom. The number of pyridine rings is 1. The van der Waals surface area contributed by atoms with Gasteiger partial charge in [0.1, 0.15) is 5.52 Å². The molecule has 3 aromatic heterocycles. The van der Waals surface area contributed by atoms with E-state index in [-0.39, 0.29) is 5.91 Å². The van der Waals surface area contributed by atoms with Crippen molar-refractivity contribution >= 4 is 16.9 Å². The van der Waals surface area contributed by atoms with E-state index in [1.165, 1.54) is 0 Å². The Morgan fingerprint density at radius 1 is 1.22 bits per heavy atom. The first-order valence-corrected chi connectivity index (χ1v) is 7.80. The summed E-state index contributed by atoms with van der Waals surface area (Å²) in [5.74, 6) is 0.156. The maximum absolute atomic E-state index is 11.4. The number of nitrogens with one attached hydrogen (secondary N) is 1. The summed E-state index contributed by atoms with van der Waals surface area (Å²) in [6.45, 7) is 3.23. The van der Waals surface area contributed by atoms with Crippen molar-refractivity contribution in [3.63, 3.8) is 0 Å². The van der Waals surface area contributed by atoms with Crippen molar-refractivity contribution in [1.82, 2.24) is 29.9 Å². The minimum Gasteiger partial charge on any atom is -0.343 e. The Hall–Kier alpha value is -2.70. The van der Waals surface area contributed by atoms with Gasteiger partial charge in [-0.1, -0.05) is 0 Å². The van der Waals surface area contributed by atoms with Crippen LogP contribution < -0.4 is 0 Å². The summed E-state index contributed by atoms with van der Waals surface area (Å²) in [6, 6.07) is 2.39. The van der Waals surface area contributed by atoms with Gasteiger partial charge in [-0.25, -0.2) is 0 Å². The van der Waals surface area contributed by atoms with Gasteiger partial charge >= 0.3 is 0 Å². The Kier molecular flexibility index (Phi) is 3.33. The number of fused-ring (bicyclic) bond motifs is 1. The lowest BCUT2D eigenvalue weighted by Gasteiger charge is -2.31. The van der Waals surface area contributed by atoms with Crippen LogP contribution in [-0.4, -0.2) is 48.9 Å². The van der Waals surface area contributed by atoms with Crippen molar-refractivity contribution in [2.75, 3.05) is 13.1 Å². The van der Waals surface area contributed by atoms with E-state index in [2.05, 4.69) is 26.5 Å². The fourth-order valence-electron chi connectivity index (χ4n) is 3.12. The molecule has 1 N–H and O–H groups in total. The summed E-state index contributed by atoms with van der Waals surface area (Å²) in [5.41, 5.74) is 3.85. The van der Waals surface area contributed by atoms with Crippen molar-refractivity contribution in [3.8, 4) is 11.1 Å². The molecule has 0 atom stereocenters. The molecule has 0 bridgehead atoms. The van der Waals surface area contributed by atoms with Gasteiger partial charge in [0.2, 0.25) is 5.91 Å². The van der Waals surface area contributed by atoms with E-state index in [0.717, 1.165) is 48.1 Å². The van der Waals surface area contributed by atoms with Gasteiger partial charge in [-0.2, -0.15) is 10.2 Å². The molecule has 0 saturated carbocycles. The average molecular weight is 310 g/mol. The van der Waals surface area contributed by atoms with Crippen LogP contribution in [0, 0.1) is 0 Å². The molecule has 4 heterocycles. The molecule has 1 aliphatic rings. The number of nitrogens with zero attached hydrogens (tertiary/aromatic N) is 5. The normalized spacial score (nSPS) is 16.1. The van der Waals surface area contributed by atoms with Crippen molar-refractivity contribution < 1.29 is 4.79 Å². The average Bonchev–Trinajstić information content (AvgIpc) is 3.23. The summed E-state index contributed by atoms with van der Waals surface area (Å²) in [7, 11) is 0. The number of aromatic nitrogens is 5. The van der Waals surface area contributed by atoms with Gasteiger partial charge in [-0.05, 0) is 18.9 Å². The number of piperidine rings is 1. The minimum absolute atomic E-state index is 0.156. The zero-order valence-electron chi connectivity index (χ0n) is 12.9. The highest BCUT2D eigenvalue weighted by atomic mass is 16.2. The third-order valence-electron chi connectivity index (χ3n) is 4.51. The minimum atomic E-state index is 0.156. The zero-order valence-corrected chi connectivity index (χ0v) is 12.9. The van der Waals surface area contributed by atoms with E-state index >= 15 is 0 Å². The molecule has 1 amide bonds. The Labute approximate surface area is 133 Å². The summed E-state index contributed by atoms with van der Waals surface area (Å²) in [4.78, 5) is 17.7. The Morgan fingerprint density at radius 2 is 2.04 bits per heavy atom. The molecular formula is C16H18N6O. The van der Waals surface area contributed by atoms with Gasteiger partial charge in [-0.3, -0.25) is 19.6 Å². The van der Waals surface area contributed by atoms with Gasteiger partial charge in [0.25, 0.3) is 0 Å². The summed E-state index contributed by atoms with van der Waals surface area (Å²) in [6.07, 6.45) is 9.38. The van der Waals surface area contributed by atoms with Crippen LogP contribution in [0.25, 0.3) is 22.2 Å². The van der Waals surface area contributed by atoms with Crippen LogP contribution in [-0.2, 0) is 4.79 Å². The largest absolute Gasteiger partial charge is 0.343 e. The van der Waals surface area contributed by atoms with Crippen LogP contribution >= 0.6 is 0 Å². The van der Waals surface area contributed by atoms with Crippen LogP contribution in [0.4, 0.5) is 0 Å². The van der Waals surface area contributed by atoms with Crippen LogP contribution in [0.5, 0.6) is 0 Å². The van der Waals surface area contributed by atoms with Crippen LogP contribution in [0.2, 0.25) is 0 Å². The topological polar surface area (TPSA) is 79.7 Å². The second-order valence-corrected chi connectivity index (χ2v) is 5.97. The van der Waals surface area contributed by atoms with Gasteiger partial charge in [0.05, 0.1) is 24.0 Å². The molecule has 0 radical (unpaired) electrons. The van der Waals surface area contributed by atoms with Gasteiger partial charge in [0, 0.05) is 43.5 Å². The van der Waals surface area contributed by atoms with Crippen LogP contribution in [0.15, 0.2) is 30.9 Å². The number of H-pyrrole nitrogens is 1. The smallest absolute Gasteiger partial charge is 0.219 e. The third kappa shape index (κ3) is 2.58.